The molecule has 4 rings (SSSR count). The number of aryl methyl sites for hydroxylation is 1. The summed E-state index contributed by atoms with van der Waals surface area (Å²) >= 11 is 0. The molecule has 3 heteroatoms. The van der Waals surface area contributed by atoms with Gasteiger partial charge >= 0.3 is 0 Å². The third-order valence-corrected chi connectivity index (χ3v) is 5.12. The Labute approximate surface area is 176 Å². The van der Waals surface area contributed by atoms with Gasteiger partial charge in [-0.2, -0.15) is 0 Å². The molecule has 0 aromatic heterocycles. The van der Waals surface area contributed by atoms with Gasteiger partial charge in [0.15, 0.2) is 0 Å². The van der Waals surface area contributed by atoms with E-state index in [1.54, 1.807) is 0 Å². The molecule has 0 atom stereocenters. The van der Waals surface area contributed by atoms with Gasteiger partial charge < -0.3 is 17.2 Å². The highest BCUT2D eigenvalue weighted by Gasteiger charge is 2.10. The maximum absolute atomic E-state index is 6.49. The summed E-state index contributed by atoms with van der Waals surface area (Å²) in [4.78, 5) is 0. The molecule has 146 valence electrons. The lowest BCUT2D eigenvalue weighted by atomic mass is 9.96. The smallest absolute Gasteiger partial charge is 0.0633 e. The molecule has 0 fully saturated rings. The van der Waals surface area contributed by atoms with E-state index in [9.17, 15) is 0 Å². The summed E-state index contributed by atoms with van der Waals surface area (Å²) in [6.07, 6.45) is 0. The second-order valence-electron chi connectivity index (χ2n) is 7.27. The van der Waals surface area contributed by atoms with Crippen molar-refractivity contribution in [3.05, 3.63) is 113 Å². The summed E-state index contributed by atoms with van der Waals surface area (Å²) in [6.45, 7) is 2.07. The van der Waals surface area contributed by atoms with E-state index in [-0.39, 0.29) is 0 Å². The Kier molecular flexibility index (Phi) is 5.15. The van der Waals surface area contributed by atoms with Crippen LogP contribution in [0.2, 0.25) is 0 Å². The molecule has 0 unspecified atom stereocenters. The van der Waals surface area contributed by atoms with Crippen LogP contribution in [-0.2, 0) is 0 Å². The first kappa shape index (κ1) is 19.2. The highest BCUT2D eigenvalue weighted by Crippen LogP contribution is 2.28. The number of nitrogens with two attached hydrogens (primary N) is 3. The molecule has 0 radical (unpaired) electrons. The van der Waals surface area contributed by atoms with E-state index in [1.165, 1.54) is 5.56 Å². The normalized spacial score (nSPS) is 11.5. The highest BCUT2D eigenvalue weighted by atomic mass is 14.7. The van der Waals surface area contributed by atoms with Gasteiger partial charge in [0, 0.05) is 22.4 Å². The number of nitrogen functional groups attached to an aromatic ring is 1. The monoisotopic (exact) mass is 389 g/mol. The van der Waals surface area contributed by atoms with E-state index in [2.05, 4.69) is 37.0 Å². The van der Waals surface area contributed by atoms with Crippen LogP contribution in [0.15, 0.2) is 84.9 Å². The summed E-state index contributed by atoms with van der Waals surface area (Å²) in [5.41, 5.74) is 25.3. The van der Waals surface area contributed by atoms with Gasteiger partial charge in [-0.05, 0) is 53.6 Å². The molecule has 0 spiro atoms. The Morgan fingerprint density at radius 2 is 1.33 bits per heavy atom. The molecule has 4 aromatic carbocycles. The molecule has 3 nitrogen and oxygen atoms in total. The zero-order valence-corrected chi connectivity index (χ0v) is 16.8. The molecule has 0 heterocycles. The molecule has 0 saturated heterocycles. The first-order valence-electron chi connectivity index (χ1n) is 9.75. The number of anilines is 1. The molecule has 0 aliphatic heterocycles. The van der Waals surface area contributed by atoms with Gasteiger partial charge in [0.2, 0.25) is 0 Å². The second kappa shape index (κ2) is 8.06. The Hall–Kier alpha value is -4.16. The maximum atomic E-state index is 6.49. The van der Waals surface area contributed by atoms with Crippen LogP contribution in [0.25, 0.3) is 22.2 Å². The van der Waals surface area contributed by atoms with Gasteiger partial charge in [0.1, 0.15) is 0 Å². The number of fused-ring (bicyclic) bond motifs is 1. The minimum atomic E-state index is 0.527. The lowest BCUT2D eigenvalue weighted by Gasteiger charge is -2.12. The molecule has 0 aliphatic rings. The third kappa shape index (κ3) is 3.85. The molecule has 30 heavy (non-hydrogen) atoms. The van der Waals surface area contributed by atoms with Crippen molar-refractivity contribution in [1.29, 1.82) is 0 Å². The summed E-state index contributed by atoms with van der Waals surface area (Å²) in [6, 6.07) is 27.7. The van der Waals surface area contributed by atoms with Crippen LogP contribution in [-0.4, -0.2) is 0 Å². The van der Waals surface area contributed by atoms with Crippen molar-refractivity contribution in [2.45, 2.75) is 6.92 Å². The van der Waals surface area contributed by atoms with Crippen molar-refractivity contribution < 1.29 is 0 Å². The first-order valence-corrected chi connectivity index (χ1v) is 9.75. The Morgan fingerprint density at radius 3 is 2.03 bits per heavy atom. The van der Waals surface area contributed by atoms with E-state index < -0.39 is 0 Å². The molecule has 0 bridgehead atoms. The van der Waals surface area contributed by atoms with Crippen LogP contribution in [0.3, 0.4) is 0 Å². The summed E-state index contributed by atoms with van der Waals surface area (Å²) in [5, 5.41) is 2.06. The first-order chi connectivity index (χ1) is 14.5. The van der Waals surface area contributed by atoms with Crippen LogP contribution < -0.4 is 17.2 Å². The Bertz CT molecular complexity index is 1300. The van der Waals surface area contributed by atoms with Crippen LogP contribution >= 0.6 is 0 Å². The van der Waals surface area contributed by atoms with Crippen molar-refractivity contribution in [3.8, 4) is 11.8 Å². The molecular formula is C27H23N3. The van der Waals surface area contributed by atoms with Crippen molar-refractivity contribution in [2.24, 2.45) is 11.5 Å². The molecule has 0 aliphatic carbocycles. The SMILES string of the molecule is Cc1ccc(C#Cc2ccc(/C(N)=C(\N)c3ccc(N)cc3)c3ccccc23)cc1. The van der Waals surface area contributed by atoms with Crippen LogP contribution in [0, 0.1) is 18.8 Å². The number of benzene rings is 4. The predicted octanol–water partition coefficient (Wildman–Crippen LogP) is 4.87. The number of hydrogen-bond donors (Lipinski definition) is 3. The zero-order valence-electron chi connectivity index (χ0n) is 16.8. The largest absolute Gasteiger partial charge is 0.399 e. The summed E-state index contributed by atoms with van der Waals surface area (Å²) in [7, 11) is 0. The fourth-order valence-corrected chi connectivity index (χ4v) is 3.38. The van der Waals surface area contributed by atoms with Gasteiger partial charge in [-0.25, -0.2) is 0 Å². The summed E-state index contributed by atoms with van der Waals surface area (Å²) in [5.74, 6) is 6.56. The van der Waals surface area contributed by atoms with Crippen molar-refractivity contribution in [2.75, 3.05) is 5.73 Å². The minimum Gasteiger partial charge on any atom is -0.399 e. The third-order valence-electron chi connectivity index (χ3n) is 5.12. The van der Waals surface area contributed by atoms with E-state index in [0.717, 1.165) is 33.0 Å². The van der Waals surface area contributed by atoms with E-state index in [0.29, 0.717) is 17.1 Å². The minimum absolute atomic E-state index is 0.527. The molecular weight excluding hydrogens is 366 g/mol. The van der Waals surface area contributed by atoms with Crippen LogP contribution in [0.4, 0.5) is 5.69 Å². The number of rotatable bonds is 2. The molecule has 6 N–H and O–H groups in total. The molecule has 4 aromatic rings. The second-order valence-corrected chi connectivity index (χ2v) is 7.27. The molecule has 0 amide bonds. The highest BCUT2D eigenvalue weighted by molar-refractivity contribution is 6.01. The molecule has 0 saturated carbocycles. The summed E-state index contributed by atoms with van der Waals surface area (Å²) < 4.78 is 0. The quantitative estimate of drug-likeness (QED) is 0.260. The van der Waals surface area contributed by atoms with Crippen LogP contribution in [0.5, 0.6) is 0 Å². The predicted molar refractivity (Wildman–Crippen MR) is 127 cm³/mol. The standard InChI is InChI=1S/C27H23N3/c1-18-6-8-19(9-7-18)10-11-20-14-17-25(24-5-3-2-4-23(20)24)27(30)26(29)21-12-15-22(28)16-13-21/h2-9,12-17H,28-30H2,1H3/b27-26+. The van der Waals surface area contributed by atoms with Crippen molar-refractivity contribution >= 4 is 27.9 Å². The van der Waals surface area contributed by atoms with Crippen LogP contribution in [0.1, 0.15) is 27.8 Å². The topological polar surface area (TPSA) is 78.1 Å². The van der Waals surface area contributed by atoms with Gasteiger partial charge in [-0.3, -0.25) is 0 Å². The fraction of sp³-hybridized carbons (Fsp3) is 0.0370. The fourth-order valence-electron chi connectivity index (χ4n) is 3.38. The average Bonchev–Trinajstić information content (AvgIpc) is 2.78. The van der Waals surface area contributed by atoms with E-state index in [1.807, 2.05) is 66.7 Å². The maximum Gasteiger partial charge on any atom is 0.0633 e. The van der Waals surface area contributed by atoms with Gasteiger partial charge in [-0.15, -0.1) is 0 Å². The van der Waals surface area contributed by atoms with Crippen molar-refractivity contribution in [1.82, 2.24) is 0 Å². The Balaban J connectivity index is 1.80. The van der Waals surface area contributed by atoms with Gasteiger partial charge in [0.25, 0.3) is 0 Å². The van der Waals surface area contributed by atoms with Gasteiger partial charge in [0.05, 0.1) is 11.4 Å². The zero-order chi connectivity index (χ0) is 21.1. The lowest BCUT2D eigenvalue weighted by Crippen LogP contribution is -2.08. The average molecular weight is 390 g/mol. The van der Waals surface area contributed by atoms with E-state index in [4.69, 9.17) is 17.2 Å². The van der Waals surface area contributed by atoms with E-state index >= 15 is 0 Å². The Morgan fingerprint density at radius 1 is 0.667 bits per heavy atom. The lowest BCUT2D eigenvalue weighted by molar-refractivity contribution is 1.46. The van der Waals surface area contributed by atoms with Crippen molar-refractivity contribution in [3.63, 3.8) is 0 Å². The number of hydrogen-bond acceptors (Lipinski definition) is 3. The van der Waals surface area contributed by atoms with Gasteiger partial charge in [-0.1, -0.05) is 72.0 Å².